The number of hydrogen-bond donors (Lipinski definition) is 0. The molecule has 0 aromatic heterocycles. The average molecular weight is 406 g/mol. The van der Waals surface area contributed by atoms with Crippen molar-refractivity contribution in [3.05, 3.63) is 59.7 Å². The van der Waals surface area contributed by atoms with E-state index < -0.39 is 42.0 Å². The van der Waals surface area contributed by atoms with Crippen molar-refractivity contribution >= 4 is 28.7 Å². The monoisotopic (exact) mass is 406 g/mol. The summed E-state index contributed by atoms with van der Waals surface area (Å²) in [6, 6.07) is 12.1. The molecule has 0 N–H and O–H groups in total. The third kappa shape index (κ3) is 2.98. The molecule has 2 aromatic rings. The lowest BCUT2D eigenvalue weighted by Gasteiger charge is -2.31. The van der Waals surface area contributed by atoms with Crippen LogP contribution in [0.3, 0.4) is 0 Å². The SMILES string of the molecule is C=C(C)C(=O)OC1CC(C(=O)OC2Cc3cccc4cccc2c34)C2CC1OC2=O. The standard InChI is InChI=1S/C24H22O6/c1-12(2)22(25)29-19-10-16(17-11-20(19)30-24(17)27)23(26)28-18-9-14-7-3-5-13-6-4-8-15(18)21(13)14/h3-8,16-20H,1,9-11H2,2H3. The van der Waals surface area contributed by atoms with Gasteiger partial charge in [0.05, 0.1) is 11.8 Å². The fourth-order valence-corrected chi connectivity index (χ4v) is 4.91. The minimum absolute atomic E-state index is 0.211. The number of carbonyl (C=O) groups is 3. The van der Waals surface area contributed by atoms with Crippen molar-refractivity contribution in [2.24, 2.45) is 11.8 Å². The molecule has 3 aliphatic rings. The summed E-state index contributed by atoms with van der Waals surface area (Å²) in [6.45, 7) is 5.14. The third-order valence-corrected chi connectivity index (χ3v) is 6.39. The van der Waals surface area contributed by atoms with Crippen LogP contribution >= 0.6 is 0 Å². The van der Waals surface area contributed by atoms with E-state index in [9.17, 15) is 14.4 Å². The molecule has 6 nitrogen and oxygen atoms in total. The second-order valence-electron chi connectivity index (χ2n) is 8.38. The predicted molar refractivity (Wildman–Crippen MR) is 107 cm³/mol. The van der Waals surface area contributed by atoms with Crippen molar-refractivity contribution in [1.82, 2.24) is 0 Å². The second-order valence-corrected chi connectivity index (χ2v) is 8.38. The number of esters is 3. The Kier molecular flexibility index (Phi) is 4.38. The van der Waals surface area contributed by atoms with Crippen LogP contribution in [0.4, 0.5) is 0 Å². The van der Waals surface area contributed by atoms with Crippen molar-refractivity contribution in [3.8, 4) is 0 Å². The molecule has 1 heterocycles. The van der Waals surface area contributed by atoms with Crippen LogP contribution in [0.5, 0.6) is 0 Å². The smallest absolute Gasteiger partial charge is 0.333 e. The zero-order chi connectivity index (χ0) is 21.0. The molecule has 5 unspecified atom stereocenters. The first kappa shape index (κ1) is 18.9. The molecule has 2 aromatic carbocycles. The summed E-state index contributed by atoms with van der Waals surface area (Å²) < 4.78 is 16.7. The first-order chi connectivity index (χ1) is 14.4. The van der Waals surface area contributed by atoms with Gasteiger partial charge in [0.2, 0.25) is 0 Å². The highest BCUT2D eigenvalue weighted by molar-refractivity contribution is 5.92. The van der Waals surface area contributed by atoms with Crippen LogP contribution < -0.4 is 0 Å². The molecule has 2 bridgehead atoms. The van der Waals surface area contributed by atoms with Crippen LogP contribution in [0.1, 0.15) is 37.0 Å². The molecule has 5 rings (SSSR count). The average Bonchev–Trinajstić information content (AvgIpc) is 3.24. The first-order valence-electron chi connectivity index (χ1n) is 10.2. The van der Waals surface area contributed by atoms with Crippen LogP contribution in [-0.2, 0) is 35.0 Å². The zero-order valence-corrected chi connectivity index (χ0v) is 16.6. The van der Waals surface area contributed by atoms with Crippen molar-refractivity contribution < 1.29 is 28.6 Å². The van der Waals surface area contributed by atoms with Crippen LogP contribution in [0, 0.1) is 11.8 Å². The van der Waals surface area contributed by atoms with Gasteiger partial charge in [0.15, 0.2) is 0 Å². The summed E-state index contributed by atoms with van der Waals surface area (Å²) >= 11 is 0. The summed E-state index contributed by atoms with van der Waals surface area (Å²) in [4.78, 5) is 37.4. The topological polar surface area (TPSA) is 78.9 Å². The normalized spacial score (nSPS) is 28.8. The molecule has 0 spiro atoms. The molecule has 6 heteroatoms. The van der Waals surface area contributed by atoms with Gasteiger partial charge in [-0.1, -0.05) is 43.0 Å². The quantitative estimate of drug-likeness (QED) is 0.440. The van der Waals surface area contributed by atoms with E-state index >= 15 is 0 Å². The number of ether oxygens (including phenoxy) is 3. The highest BCUT2D eigenvalue weighted by atomic mass is 16.6. The highest BCUT2D eigenvalue weighted by Crippen LogP contribution is 2.43. The van der Waals surface area contributed by atoms with E-state index in [0.717, 1.165) is 21.9 Å². The van der Waals surface area contributed by atoms with Gasteiger partial charge in [-0.15, -0.1) is 0 Å². The highest BCUT2D eigenvalue weighted by Gasteiger charge is 2.53. The minimum Gasteiger partial charge on any atom is -0.458 e. The lowest BCUT2D eigenvalue weighted by molar-refractivity contribution is -0.164. The Labute approximate surface area is 173 Å². The number of rotatable bonds is 4. The summed E-state index contributed by atoms with van der Waals surface area (Å²) in [5.74, 6) is -2.66. The van der Waals surface area contributed by atoms with E-state index in [0.29, 0.717) is 12.8 Å². The molecular formula is C24H22O6. The molecule has 1 saturated carbocycles. The maximum absolute atomic E-state index is 13.1. The van der Waals surface area contributed by atoms with Crippen molar-refractivity contribution in [2.45, 2.75) is 44.5 Å². The Morgan fingerprint density at radius 3 is 2.63 bits per heavy atom. The van der Waals surface area contributed by atoms with Crippen molar-refractivity contribution in [2.75, 3.05) is 0 Å². The molecule has 1 saturated heterocycles. The fourth-order valence-electron chi connectivity index (χ4n) is 4.91. The molecule has 0 radical (unpaired) electrons. The molecule has 2 aliphatic carbocycles. The van der Waals surface area contributed by atoms with Crippen LogP contribution in [0.15, 0.2) is 48.6 Å². The van der Waals surface area contributed by atoms with Crippen molar-refractivity contribution in [3.63, 3.8) is 0 Å². The zero-order valence-electron chi connectivity index (χ0n) is 16.6. The number of benzene rings is 2. The van der Waals surface area contributed by atoms with E-state index in [2.05, 4.69) is 6.58 Å². The first-order valence-corrected chi connectivity index (χ1v) is 10.2. The Bertz CT molecular complexity index is 1080. The van der Waals surface area contributed by atoms with Crippen LogP contribution in [0.2, 0.25) is 0 Å². The lowest BCUT2D eigenvalue weighted by Crippen LogP contribution is -2.41. The van der Waals surface area contributed by atoms with Gasteiger partial charge in [-0.2, -0.15) is 0 Å². The number of carbonyl (C=O) groups excluding carboxylic acids is 3. The molecule has 154 valence electrons. The van der Waals surface area contributed by atoms with E-state index in [-0.39, 0.29) is 18.1 Å². The fraction of sp³-hybridized carbons (Fsp3) is 0.375. The number of fused-ring (bicyclic) bond motifs is 2. The maximum Gasteiger partial charge on any atom is 0.333 e. The Morgan fingerprint density at radius 2 is 1.87 bits per heavy atom. The van der Waals surface area contributed by atoms with Gasteiger partial charge in [0.25, 0.3) is 0 Å². The second kappa shape index (κ2) is 6.97. The molecule has 30 heavy (non-hydrogen) atoms. The summed E-state index contributed by atoms with van der Waals surface area (Å²) in [5.41, 5.74) is 2.40. The maximum atomic E-state index is 13.1. The summed E-state index contributed by atoms with van der Waals surface area (Å²) in [5, 5.41) is 2.25. The molecule has 1 aliphatic heterocycles. The van der Waals surface area contributed by atoms with Gasteiger partial charge in [-0.05, 0) is 23.3 Å². The van der Waals surface area contributed by atoms with Crippen LogP contribution in [0.25, 0.3) is 10.8 Å². The largest absolute Gasteiger partial charge is 0.458 e. The van der Waals surface area contributed by atoms with Crippen molar-refractivity contribution in [1.29, 1.82) is 0 Å². The van der Waals surface area contributed by atoms with E-state index in [1.165, 1.54) is 0 Å². The molecule has 5 atom stereocenters. The molecular weight excluding hydrogens is 384 g/mol. The predicted octanol–water partition coefficient (Wildman–Crippen LogP) is 3.42. The Hall–Kier alpha value is -3.15. The lowest BCUT2D eigenvalue weighted by atomic mass is 9.78. The molecule has 2 fully saturated rings. The van der Waals surface area contributed by atoms with Gasteiger partial charge in [0, 0.05) is 30.4 Å². The summed E-state index contributed by atoms with van der Waals surface area (Å²) in [6.07, 6.45) is -0.389. The van der Waals surface area contributed by atoms with Gasteiger partial charge < -0.3 is 14.2 Å². The van der Waals surface area contributed by atoms with Gasteiger partial charge in [0.1, 0.15) is 18.3 Å². The van der Waals surface area contributed by atoms with Gasteiger partial charge in [-0.25, -0.2) is 4.79 Å². The molecule has 0 amide bonds. The minimum atomic E-state index is -0.693. The van der Waals surface area contributed by atoms with E-state index in [1.54, 1.807) is 6.92 Å². The number of hydrogen-bond acceptors (Lipinski definition) is 6. The van der Waals surface area contributed by atoms with Gasteiger partial charge >= 0.3 is 17.9 Å². The van der Waals surface area contributed by atoms with Crippen LogP contribution in [-0.4, -0.2) is 30.1 Å². The van der Waals surface area contributed by atoms with E-state index in [4.69, 9.17) is 14.2 Å². The Morgan fingerprint density at radius 1 is 1.10 bits per heavy atom. The van der Waals surface area contributed by atoms with E-state index in [1.807, 2.05) is 36.4 Å². The third-order valence-electron chi connectivity index (χ3n) is 6.39. The van der Waals surface area contributed by atoms with Gasteiger partial charge in [-0.3, -0.25) is 9.59 Å². The Balaban J connectivity index is 1.36. The summed E-state index contributed by atoms with van der Waals surface area (Å²) in [7, 11) is 0.